The normalized spacial score (nSPS) is 19.4. The quantitative estimate of drug-likeness (QED) is 0.411. The fourth-order valence-electron chi connectivity index (χ4n) is 3.57. The van der Waals surface area contributed by atoms with Crippen LogP contribution in [-0.2, 0) is 0 Å². The maximum atomic E-state index is 2.41. The molecule has 0 heterocycles. The van der Waals surface area contributed by atoms with Crippen molar-refractivity contribution >= 4 is 0 Å². The van der Waals surface area contributed by atoms with E-state index in [2.05, 4.69) is 13.8 Å². The largest absolute Gasteiger partial charge is 0.0654 e. The molecule has 0 aromatic heterocycles. The van der Waals surface area contributed by atoms with Gasteiger partial charge in [0, 0.05) is 0 Å². The lowest BCUT2D eigenvalue weighted by Gasteiger charge is -2.29. The molecule has 0 heteroatoms. The van der Waals surface area contributed by atoms with Crippen LogP contribution in [0.4, 0.5) is 0 Å². The Morgan fingerprint density at radius 1 is 0.824 bits per heavy atom. The molecule has 0 amide bonds. The van der Waals surface area contributed by atoms with Crippen molar-refractivity contribution in [3.63, 3.8) is 0 Å². The average Bonchev–Trinajstić information content (AvgIpc) is 2.39. The minimum Gasteiger partial charge on any atom is -0.0654 e. The zero-order valence-corrected chi connectivity index (χ0v) is 12.3. The topological polar surface area (TPSA) is 0 Å². The number of hydrogen-bond donors (Lipinski definition) is 0. The first-order valence-electron chi connectivity index (χ1n) is 8.38. The lowest BCUT2D eigenvalue weighted by Crippen LogP contribution is -2.17. The molecule has 0 aromatic carbocycles. The molecule has 102 valence electrons. The molecule has 0 aliphatic heterocycles. The van der Waals surface area contributed by atoms with Gasteiger partial charge in [0.2, 0.25) is 0 Å². The predicted molar refractivity (Wildman–Crippen MR) is 78.3 cm³/mol. The van der Waals surface area contributed by atoms with Gasteiger partial charge in [0.05, 0.1) is 0 Å². The van der Waals surface area contributed by atoms with E-state index in [1.807, 2.05) is 0 Å². The summed E-state index contributed by atoms with van der Waals surface area (Å²) in [6, 6.07) is 0. The summed E-state index contributed by atoms with van der Waals surface area (Å²) in [5, 5.41) is 0. The summed E-state index contributed by atoms with van der Waals surface area (Å²) < 4.78 is 0. The molecule has 0 unspecified atom stereocenters. The molecule has 0 N–H and O–H groups in total. The zero-order chi connectivity index (χ0) is 12.3. The van der Waals surface area contributed by atoms with Gasteiger partial charge in [0.1, 0.15) is 0 Å². The molecule has 1 rings (SSSR count). The molecule has 1 fully saturated rings. The second-order valence-corrected chi connectivity index (χ2v) is 6.12. The van der Waals surface area contributed by atoms with E-state index in [1.165, 1.54) is 83.5 Å². The van der Waals surface area contributed by atoms with Gasteiger partial charge in [-0.05, 0) is 11.8 Å². The smallest absolute Gasteiger partial charge is 0.0386 e. The first-order chi connectivity index (χ1) is 8.38. The standard InChI is InChI=1S/C17H34/c1-3-5-6-7-8-10-13-16(4-2)17-14-11-9-12-15-17/h16-17H,3-15H2,1-2H3/t16-/m0/s1. The van der Waals surface area contributed by atoms with Gasteiger partial charge in [-0.1, -0.05) is 97.3 Å². The van der Waals surface area contributed by atoms with E-state index < -0.39 is 0 Å². The zero-order valence-electron chi connectivity index (χ0n) is 12.3. The van der Waals surface area contributed by atoms with Gasteiger partial charge in [-0.25, -0.2) is 0 Å². The highest BCUT2D eigenvalue weighted by Crippen LogP contribution is 2.34. The van der Waals surface area contributed by atoms with Crippen molar-refractivity contribution in [2.75, 3.05) is 0 Å². The summed E-state index contributed by atoms with van der Waals surface area (Å²) in [7, 11) is 0. The van der Waals surface area contributed by atoms with E-state index in [-0.39, 0.29) is 0 Å². The number of hydrogen-bond acceptors (Lipinski definition) is 0. The van der Waals surface area contributed by atoms with Crippen molar-refractivity contribution < 1.29 is 0 Å². The third-order valence-corrected chi connectivity index (χ3v) is 4.77. The fourth-order valence-corrected chi connectivity index (χ4v) is 3.57. The molecule has 0 aromatic rings. The third kappa shape index (κ3) is 6.48. The first kappa shape index (κ1) is 15.1. The van der Waals surface area contributed by atoms with Crippen LogP contribution in [0.1, 0.15) is 97.3 Å². The average molecular weight is 238 g/mol. The van der Waals surface area contributed by atoms with Gasteiger partial charge in [-0.3, -0.25) is 0 Å². The first-order valence-corrected chi connectivity index (χ1v) is 8.38. The molecule has 0 saturated heterocycles. The highest BCUT2D eigenvalue weighted by atomic mass is 14.3. The van der Waals surface area contributed by atoms with Gasteiger partial charge in [-0.2, -0.15) is 0 Å². The summed E-state index contributed by atoms with van der Waals surface area (Å²) >= 11 is 0. The summed E-state index contributed by atoms with van der Waals surface area (Å²) in [6.45, 7) is 4.71. The van der Waals surface area contributed by atoms with Crippen LogP contribution in [0, 0.1) is 11.8 Å². The number of unbranched alkanes of at least 4 members (excludes halogenated alkanes) is 5. The second-order valence-electron chi connectivity index (χ2n) is 6.12. The SMILES string of the molecule is CCCCCCCC[C@H](CC)C1CCCCC1. The van der Waals surface area contributed by atoms with Crippen LogP contribution in [0.15, 0.2) is 0 Å². The Balaban J connectivity index is 2.05. The van der Waals surface area contributed by atoms with Crippen LogP contribution in [0.3, 0.4) is 0 Å². The molecule has 0 radical (unpaired) electrons. The van der Waals surface area contributed by atoms with Crippen LogP contribution >= 0.6 is 0 Å². The summed E-state index contributed by atoms with van der Waals surface area (Å²) in [5.74, 6) is 2.14. The van der Waals surface area contributed by atoms with Gasteiger partial charge in [0.15, 0.2) is 0 Å². The summed E-state index contributed by atoms with van der Waals surface area (Å²) in [4.78, 5) is 0. The molecule has 0 spiro atoms. The van der Waals surface area contributed by atoms with E-state index in [0.29, 0.717) is 0 Å². The maximum absolute atomic E-state index is 2.41. The van der Waals surface area contributed by atoms with Gasteiger partial charge >= 0.3 is 0 Å². The Bertz CT molecular complexity index is 155. The summed E-state index contributed by atoms with van der Waals surface area (Å²) in [6.07, 6.45) is 19.3. The lowest BCUT2D eigenvalue weighted by atomic mass is 9.76. The Hall–Kier alpha value is 0. The molecule has 0 nitrogen and oxygen atoms in total. The summed E-state index contributed by atoms with van der Waals surface area (Å²) in [5.41, 5.74) is 0. The fraction of sp³-hybridized carbons (Fsp3) is 1.00. The van der Waals surface area contributed by atoms with Gasteiger partial charge in [0.25, 0.3) is 0 Å². The molecule has 0 bridgehead atoms. The minimum atomic E-state index is 1.06. The van der Waals surface area contributed by atoms with E-state index in [9.17, 15) is 0 Å². The number of rotatable bonds is 9. The van der Waals surface area contributed by atoms with Crippen LogP contribution in [0.2, 0.25) is 0 Å². The van der Waals surface area contributed by atoms with Gasteiger partial charge in [-0.15, -0.1) is 0 Å². The Labute approximate surface area is 110 Å². The maximum Gasteiger partial charge on any atom is -0.0386 e. The van der Waals surface area contributed by atoms with Crippen molar-refractivity contribution in [2.45, 2.75) is 97.3 Å². The Morgan fingerprint density at radius 2 is 1.47 bits per heavy atom. The van der Waals surface area contributed by atoms with Crippen molar-refractivity contribution in [1.82, 2.24) is 0 Å². The van der Waals surface area contributed by atoms with Crippen LogP contribution in [-0.4, -0.2) is 0 Å². The Kier molecular flexibility index (Phi) is 8.83. The predicted octanol–water partition coefficient (Wildman–Crippen LogP) is 6.34. The molecule has 1 aliphatic rings. The van der Waals surface area contributed by atoms with Crippen LogP contribution in [0.25, 0.3) is 0 Å². The molecule has 1 atom stereocenters. The van der Waals surface area contributed by atoms with Crippen LogP contribution < -0.4 is 0 Å². The van der Waals surface area contributed by atoms with E-state index in [1.54, 1.807) is 0 Å². The Morgan fingerprint density at radius 3 is 2.12 bits per heavy atom. The van der Waals surface area contributed by atoms with Crippen molar-refractivity contribution in [1.29, 1.82) is 0 Å². The van der Waals surface area contributed by atoms with Gasteiger partial charge < -0.3 is 0 Å². The van der Waals surface area contributed by atoms with Crippen LogP contribution in [0.5, 0.6) is 0 Å². The minimum absolute atomic E-state index is 1.06. The molecular weight excluding hydrogens is 204 g/mol. The van der Waals surface area contributed by atoms with E-state index in [0.717, 1.165) is 11.8 Å². The second kappa shape index (κ2) is 9.97. The molecule has 1 saturated carbocycles. The van der Waals surface area contributed by atoms with E-state index >= 15 is 0 Å². The molecular formula is C17H34. The van der Waals surface area contributed by atoms with Crippen molar-refractivity contribution in [3.8, 4) is 0 Å². The van der Waals surface area contributed by atoms with Crippen molar-refractivity contribution in [2.24, 2.45) is 11.8 Å². The monoisotopic (exact) mass is 238 g/mol. The molecule has 17 heavy (non-hydrogen) atoms. The van der Waals surface area contributed by atoms with E-state index in [4.69, 9.17) is 0 Å². The highest BCUT2D eigenvalue weighted by molar-refractivity contribution is 4.73. The highest BCUT2D eigenvalue weighted by Gasteiger charge is 2.21. The van der Waals surface area contributed by atoms with Crippen molar-refractivity contribution in [3.05, 3.63) is 0 Å². The third-order valence-electron chi connectivity index (χ3n) is 4.77. The lowest BCUT2D eigenvalue weighted by molar-refractivity contribution is 0.225. The molecule has 1 aliphatic carbocycles.